The number of carbonyl (C=O) groups is 1. The first kappa shape index (κ1) is 11.1. The Kier molecular flexibility index (Phi) is 2.68. The summed E-state index contributed by atoms with van der Waals surface area (Å²) in [6.07, 6.45) is 2.55. The molecule has 3 rings (SSSR count). The van der Waals surface area contributed by atoms with Gasteiger partial charge in [-0.1, -0.05) is 28.1 Å². The molecule has 0 aliphatic carbocycles. The molecule has 18 heavy (non-hydrogen) atoms. The van der Waals surface area contributed by atoms with E-state index in [1.165, 1.54) is 0 Å². The molecule has 0 amide bonds. The van der Waals surface area contributed by atoms with Crippen LogP contribution < -0.4 is 0 Å². The van der Waals surface area contributed by atoms with Gasteiger partial charge in [-0.05, 0) is 24.3 Å². The molecule has 0 N–H and O–H groups in total. The molecule has 0 radical (unpaired) electrons. The third-order valence-corrected chi connectivity index (χ3v) is 3.19. The van der Waals surface area contributed by atoms with Crippen molar-refractivity contribution >= 4 is 27.9 Å². The van der Waals surface area contributed by atoms with Crippen LogP contribution in [0.5, 0.6) is 0 Å². The van der Waals surface area contributed by atoms with Crippen LogP contribution in [0.25, 0.3) is 17.0 Å². The Morgan fingerprint density at radius 3 is 2.56 bits per heavy atom. The standard InChI is InChI=1S/C13H8BrN3O/c14-11-4-2-10(3-5-11)13-16-15-12-6-1-9(8-18)7-17(12)13/h1-8H. The van der Waals surface area contributed by atoms with E-state index in [9.17, 15) is 4.79 Å². The van der Waals surface area contributed by atoms with E-state index in [1.54, 1.807) is 18.3 Å². The maximum Gasteiger partial charge on any atom is 0.168 e. The summed E-state index contributed by atoms with van der Waals surface area (Å²) in [5, 5.41) is 8.23. The number of aldehydes is 1. The number of hydrogen-bond acceptors (Lipinski definition) is 3. The molecule has 3 aromatic rings. The summed E-state index contributed by atoms with van der Waals surface area (Å²) in [6.45, 7) is 0. The molecule has 4 nitrogen and oxygen atoms in total. The quantitative estimate of drug-likeness (QED) is 0.684. The summed E-state index contributed by atoms with van der Waals surface area (Å²) in [4.78, 5) is 10.8. The lowest BCUT2D eigenvalue weighted by atomic mass is 10.2. The van der Waals surface area contributed by atoms with E-state index in [4.69, 9.17) is 0 Å². The van der Waals surface area contributed by atoms with E-state index >= 15 is 0 Å². The lowest BCUT2D eigenvalue weighted by Crippen LogP contribution is -1.91. The van der Waals surface area contributed by atoms with Gasteiger partial charge in [0.1, 0.15) is 0 Å². The van der Waals surface area contributed by atoms with Crippen LogP contribution in [0.1, 0.15) is 10.4 Å². The van der Waals surface area contributed by atoms with Crippen molar-refractivity contribution in [1.82, 2.24) is 14.6 Å². The van der Waals surface area contributed by atoms with Crippen LogP contribution in [0.15, 0.2) is 47.1 Å². The van der Waals surface area contributed by atoms with E-state index in [0.29, 0.717) is 5.56 Å². The lowest BCUT2D eigenvalue weighted by molar-refractivity contribution is 0.112. The molecule has 5 heteroatoms. The number of rotatable bonds is 2. The Labute approximate surface area is 111 Å². The van der Waals surface area contributed by atoms with Gasteiger partial charge in [0.15, 0.2) is 17.8 Å². The minimum absolute atomic E-state index is 0.598. The summed E-state index contributed by atoms with van der Waals surface area (Å²) in [7, 11) is 0. The average molecular weight is 302 g/mol. The first-order chi connectivity index (χ1) is 8.78. The van der Waals surface area contributed by atoms with Crippen molar-refractivity contribution in [1.29, 1.82) is 0 Å². The average Bonchev–Trinajstić information content (AvgIpc) is 2.82. The zero-order valence-corrected chi connectivity index (χ0v) is 10.8. The Bertz CT molecular complexity index is 719. The molecule has 2 heterocycles. The van der Waals surface area contributed by atoms with E-state index in [-0.39, 0.29) is 0 Å². The Balaban J connectivity index is 2.22. The molecule has 0 saturated heterocycles. The Morgan fingerprint density at radius 1 is 1.06 bits per heavy atom. The molecule has 0 fully saturated rings. The van der Waals surface area contributed by atoms with Gasteiger partial charge in [0.25, 0.3) is 0 Å². The van der Waals surface area contributed by atoms with Crippen molar-refractivity contribution in [3.05, 3.63) is 52.6 Å². The highest BCUT2D eigenvalue weighted by atomic mass is 79.9. The number of fused-ring (bicyclic) bond motifs is 1. The number of halogens is 1. The van der Waals surface area contributed by atoms with Gasteiger partial charge in [0.05, 0.1) is 0 Å². The SMILES string of the molecule is O=Cc1ccc2nnc(-c3ccc(Br)cc3)n2c1. The number of aromatic nitrogens is 3. The highest BCUT2D eigenvalue weighted by Crippen LogP contribution is 2.21. The van der Waals surface area contributed by atoms with Crippen molar-refractivity contribution in [3.8, 4) is 11.4 Å². The van der Waals surface area contributed by atoms with Crippen LogP contribution in [0, 0.1) is 0 Å². The fraction of sp³-hybridized carbons (Fsp3) is 0. The molecule has 1 aromatic carbocycles. The third kappa shape index (κ3) is 1.82. The molecule has 0 saturated carbocycles. The number of nitrogens with zero attached hydrogens (tertiary/aromatic N) is 3. The van der Waals surface area contributed by atoms with E-state index in [1.807, 2.05) is 28.7 Å². The number of carbonyl (C=O) groups excluding carboxylic acids is 1. The van der Waals surface area contributed by atoms with Gasteiger partial charge in [0.2, 0.25) is 0 Å². The number of benzene rings is 1. The van der Waals surface area contributed by atoms with E-state index in [2.05, 4.69) is 26.1 Å². The monoisotopic (exact) mass is 301 g/mol. The molecule has 0 aliphatic heterocycles. The first-order valence-corrected chi connectivity index (χ1v) is 6.13. The molecule has 0 unspecified atom stereocenters. The highest BCUT2D eigenvalue weighted by Gasteiger charge is 2.08. The summed E-state index contributed by atoms with van der Waals surface area (Å²) < 4.78 is 2.82. The number of pyridine rings is 1. The Morgan fingerprint density at radius 2 is 1.83 bits per heavy atom. The molecule has 0 aliphatic rings. The predicted molar refractivity (Wildman–Crippen MR) is 71.5 cm³/mol. The van der Waals surface area contributed by atoms with E-state index in [0.717, 1.165) is 27.8 Å². The van der Waals surface area contributed by atoms with Crippen LogP contribution in [-0.4, -0.2) is 20.9 Å². The largest absolute Gasteiger partial charge is 0.298 e. The maximum atomic E-state index is 10.8. The smallest absolute Gasteiger partial charge is 0.168 e. The van der Waals surface area contributed by atoms with Gasteiger partial charge in [-0.2, -0.15) is 0 Å². The molecular formula is C13H8BrN3O. The minimum atomic E-state index is 0.598. The third-order valence-electron chi connectivity index (χ3n) is 2.66. The topological polar surface area (TPSA) is 47.3 Å². The summed E-state index contributed by atoms with van der Waals surface area (Å²) in [5.74, 6) is 0.723. The van der Waals surface area contributed by atoms with Gasteiger partial charge < -0.3 is 0 Å². The van der Waals surface area contributed by atoms with Gasteiger partial charge in [0, 0.05) is 21.8 Å². The molecule has 88 valence electrons. The van der Waals surface area contributed by atoms with Gasteiger partial charge in [-0.25, -0.2) is 0 Å². The highest BCUT2D eigenvalue weighted by molar-refractivity contribution is 9.10. The van der Waals surface area contributed by atoms with Crippen LogP contribution >= 0.6 is 15.9 Å². The van der Waals surface area contributed by atoms with Crippen molar-refractivity contribution in [2.45, 2.75) is 0 Å². The Hall–Kier alpha value is -2.01. The van der Waals surface area contributed by atoms with Crippen LogP contribution in [0.4, 0.5) is 0 Å². The fourth-order valence-electron chi connectivity index (χ4n) is 1.77. The number of hydrogen-bond donors (Lipinski definition) is 0. The second kappa shape index (κ2) is 4.34. The predicted octanol–water partition coefficient (Wildman–Crippen LogP) is 2.97. The summed E-state index contributed by atoms with van der Waals surface area (Å²) in [5.41, 5.74) is 2.27. The van der Waals surface area contributed by atoms with Gasteiger partial charge in [-0.15, -0.1) is 10.2 Å². The van der Waals surface area contributed by atoms with Crippen LogP contribution in [0.3, 0.4) is 0 Å². The van der Waals surface area contributed by atoms with Crippen molar-refractivity contribution < 1.29 is 4.79 Å². The second-order valence-electron chi connectivity index (χ2n) is 3.84. The maximum absolute atomic E-state index is 10.8. The van der Waals surface area contributed by atoms with Crippen LogP contribution in [0.2, 0.25) is 0 Å². The lowest BCUT2D eigenvalue weighted by Gasteiger charge is -2.00. The van der Waals surface area contributed by atoms with Crippen molar-refractivity contribution in [3.63, 3.8) is 0 Å². The second-order valence-corrected chi connectivity index (χ2v) is 4.75. The van der Waals surface area contributed by atoms with Crippen LogP contribution in [-0.2, 0) is 0 Å². The van der Waals surface area contributed by atoms with Gasteiger partial charge in [-0.3, -0.25) is 9.20 Å². The minimum Gasteiger partial charge on any atom is -0.298 e. The molecule has 0 spiro atoms. The molecule has 0 atom stereocenters. The normalized spacial score (nSPS) is 10.7. The molecule has 0 bridgehead atoms. The van der Waals surface area contributed by atoms with Crippen molar-refractivity contribution in [2.75, 3.05) is 0 Å². The first-order valence-electron chi connectivity index (χ1n) is 5.34. The zero-order valence-electron chi connectivity index (χ0n) is 9.25. The fourth-order valence-corrected chi connectivity index (χ4v) is 2.04. The zero-order chi connectivity index (χ0) is 12.5. The van der Waals surface area contributed by atoms with E-state index < -0.39 is 0 Å². The van der Waals surface area contributed by atoms with Crippen molar-refractivity contribution in [2.24, 2.45) is 0 Å². The van der Waals surface area contributed by atoms with Gasteiger partial charge >= 0.3 is 0 Å². The molecular weight excluding hydrogens is 294 g/mol. The summed E-state index contributed by atoms with van der Waals surface area (Å²) in [6, 6.07) is 11.3. The summed E-state index contributed by atoms with van der Waals surface area (Å²) >= 11 is 3.39. The molecule has 2 aromatic heterocycles.